The Labute approximate surface area is 150 Å². The molecule has 0 aliphatic heterocycles. The highest BCUT2D eigenvalue weighted by Gasteiger charge is 2.12. The van der Waals surface area contributed by atoms with E-state index in [2.05, 4.69) is 16.4 Å². The number of benzene rings is 2. The Balaban J connectivity index is 2.08. The van der Waals surface area contributed by atoms with Crippen molar-refractivity contribution < 1.29 is 0 Å². The molecular weight excluding hydrogens is 334 g/mol. The summed E-state index contributed by atoms with van der Waals surface area (Å²) in [6.45, 7) is 4.06. The Kier molecular flexibility index (Phi) is 4.70. The molecule has 2 aromatic carbocycles. The maximum atomic E-state index is 9.47. The lowest BCUT2D eigenvalue weighted by molar-refractivity contribution is 1.32. The number of nitriles is 1. The lowest BCUT2D eigenvalue weighted by Crippen LogP contribution is -1.96. The summed E-state index contributed by atoms with van der Waals surface area (Å²) >= 11 is 6.72. The van der Waals surface area contributed by atoms with Gasteiger partial charge in [0, 0.05) is 11.3 Å². The molecule has 0 saturated carbocycles. The molecule has 1 heterocycles. The largest absolute Gasteiger partial charge is 0.332 e. The smallest absolute Gasteiger partial charge is 0.189 e. The van der Waals surface area contributed by atoms with Crippen LogP contribution >= 0.6 is 23.6 Å². The number of rotatable bonds is 3. The average molecular weight is 349 g/mol. The normalized spacial score (nSPS) is 10.2. The van der Waals surface area contributed by atoms with Gasteiger partial charge in [-0.25, -0.2) is 4.98 Å². The summed E-state index contributed by atoms with van der Waals surface area (Å²) in [6.07, 6.45) is 0. The van der Waals surface area contributed by atoms with Crippen LogP contribution in [-0.2, 0) is 0 Å². The zero-order valence-corrected chi connectivity index (χ0v) is 15.0. The summed E-state index contributed by atoms with van der Waals surface area (Å²) in [4.78, 5) is 4.65. The van der Waals surface area contributed by atoms with E-state index in [-0.39, 0.29) is 0 Å². The lowest BCUT2D eigenvalue weighted by atomic mass is 10.1. The molecule has 24 heavy (non-hydrogen) atoms. The maximum absolute atomic E-state index is 9.47. The molecule has 0 aliphatic rings. The Morgan fingerprint density at radius 3 is 2.50 bits per heavy atom. The zero-order chi connectivity index (χ0) is 17.1. The van der Waals surface area contributed by atoms with E-state index in [1.165, 1.54) is 16.9 Å². The second-order valence-electron chi connectivity index (χ2n) is 5.50. The molecule has 0 unspecified atom stereocenters. The maximum Gasteiger partial charge on any atom is 0.189 e. The van der Waals surface area contributed by atoms with Gasteiger partial charge in [0.05, 0.1) is 5.69 Å². The van der Waals surface area contributed by atoms with E-state index in [1.54, 1.807) is 0 Å². The number of hydrogen-bond acceptors (Lipinski definition) is 5. The molecule has 3 rings (SSSR count). The van der Waals surface area contributed by atoms with E-state index < -0.39 is 0 Å². The van der Waals surface area contributed by atoms with E-state index in [9.17, 15) is 5.26 Å². The highest BCUT2D eigenvalue weighted by molar-refractivity contribution is 7.73. The fraction of sp³-hybridized carbons (Fsp3) is 0.105. The summed E-state index contributed by atoms with van der Waals surface area (Å²) in [7, 11) is 0. The fourth-order valence-corrected chi connectivity index (χ4v) is 3.43. The van der Waals surface area contributed by atoms with Crippen molar-refractivity contribution in [3.8, 4) is 17.3 Å². The van der Waals surface area contributed by atoms with Crippen LogP contribution in [0, 0.1) is 29.0 Å². The number of aryl methyl sites for hydroxylation is 2. The first-order chi connectivity index (χ1) is 11.6. The lowest BCUT2D eigenvalue weighted by Gasteiger charge is -2.09. The fourth-order valence-electron chi connectivity index (χ4n) is 2.33. The molecule has 0 spiro atoms. The zero-order valence-electron chi connectivity index (χ0n) is 13.3. The van der Waals surface area contributed by atoms with E-state index in [1.807, 2.05) is 62.4 Å². The van der Waals surface area contributed by atoms with Crippen molar-refractivity contribution >= 4 is 34.4 Å². The highest BCUT2D eigenvalue weighted by Crippen LogP contribution is 2.29. The number of aromatic nitrogens is 1. The molecule has 3 aromatic rings. The summed E-state index contributed by atoms with van der Waals surface area (Å²) in [5.74, 6) is 0. The summed E-state index contributed by atoms with van der Waals surface area (Å²) < 4.78 is 0.540. The first kappa shape index (κ1) is 16.3. The minimum absolute atomic E-state index is 0.454. The van der Waals surface area contributed by atoms with Gasteiger partial charge in [0.25, 0.3) is 0 Å². The van der Waals surface area contributed by atoms with Crippen molar-refractivity contribution in [1.82, 2.24) is 4.98 Å². The van der Waals surface area contributed by atoms with E-state index in [0.29, 0.717) is 20.2 Å². The van der Waals surface area contributed by atoms with Crippen LogP contribution in [0.1, 0.15) is 16.7 Å². The number of nitrogens with one attached hydrogen (secondary N) is 1. The molecule has 5 heteroatoms. The van der Waals surface area contributed by atoms with Crippen molar-refractivity contribution in [2.45, 2.75) is 13.8 Å². The van der Waals surface area contributed by atoms with Crippen molar-refractivity contribution in [2.75, 3.05) is 5.32 Å². The van der Waals surface area contributed by atoms with Crippen LogP contribution in [0.15, 0.2) is 48.5 Å². The van der Waals surface area contributed by atoms with Crippen molar-refractivity contribution in [3.05, 3.63) is 69.0 Å². The first-order valence-electron chi connectivity index (χ1n) is 7.43. The molecule has 1 N–H and O–H groups in total. The highest BCUT2D eigenvalue weighted by atomic mass is 32.1. The number of nitrogens with zero attached hydrogens (tertiary/aromatic N) is 2. The van der Waals surface area contributed by atoms with Gasteiger partial charge in [-0.2, -0.15) is 5.26 Å². The summed E-state index contributed by atoms with van der Waals surface area (Å²) in [6, 6.07) is 18.2. The van der Waals surface area contributed by atoms with Crippen LogP contribution in [0.2, 0.25) is 0 Å². The average Bonchev–Trinajstić information content (AvgIpc) is 2.56. The molecule has 118 valence electrons. The molecular formula is C19H15N3S2. The number of anilines is 2. The van der Waals surface area contributed by atoms with E-state index in [4.69, 9.17) is 12.2 Å². The van der Waals surface area contributed by atoms with E-state index in [0.717, 1.165) is 16.8 Å². The third-order valence-corrected chi connectivity index (χ3v) is 4.78. The third-order valence-electron chi connectivity index (χ3n) is 3.55. The monoisotopic (exact) mass is 349 g/mol. The minimum Gasteiger partial charge on any atom is -0.332 e. The molecule has 0 radical (unpaired) electrons. The van der Waals surface area contributed by atoms with Gasteiger partial charge in [-0.1, -0.05) is 65.0 Å². The Morgan fingerprint density at radius 2 is 1.83 bits per heavy atom. The van der Waals surface area contributed by atoms with Gasteiger partial charge in [0.2, 0.25) is 0 Å². The van der Waals surface area contributed by atoms with Gasteiger partial charge < -0.3 is 5.32 Å². The molecule has 1 aromatic heterocycles. The third kappa shape index (κ3) is 3.51. The van der Waals surface area contributed by atoms with Crippen LogP contribution in [0.5, 0.6) is 0 Å². The Hall–Kier alpha value is -2.55. The molecule has 0 atom stereocenters. The topological polar surface area (TPSA) is 48.7 Å². The second kappa shape index (κ2) is 6.91. The van der Waals surface area contributed by atoms with Crippen LogP contribution in [0.4, 0.5) is 10.8 Å². The quantitative estimate of drug-likeness (QED) is 0.610. The van der Waals surface area contributed by atoms with E-state index >= 15 is 0 Å². The van der Waals surface area contributed by atoms with Gasteiger partial charge in [0.15, 0.2) is 5.13 Å². The van der Waals surface area contributed by atoms with Crippen molar-refractivity contribution in [1.29, 1.82) is 5.26 Å². The standard InChI is InChI=1S/C19H15N3S2/c1-12-6-8-15(9-7-12)21-19-22-17(16(11-20)18(23)24-19)14-5-3-4-13(2)10-14/h3-10H,1-2H3,(H,21,22). The van der Waals surface area contributed by atoms with Crippen LogP contribution in [0.3, 0.4) is 0 Å². The predicted octanol–water partition coefficient (Wildman–Crippen LogP) is 5.77. The molecule has 0 amide bonds. The van der Waals surface area contributed by atoms with Gasteiger partial charge in [-0.15, -0.1) is 0 Å². The predicted molar refractivity (Wildman–Crippen MR) is 102 cm³/mol. The van der Waals surface area contributed by atoms with Crippen LogP contribution in [-0.4, -0.2) is 4.98 Å². The minimum atomic E-state index is 0.454. The molecule has 0 fully saturated rings. The molecule has 0 bridgehead atoms. The van der Waals surface area contributed by atoms with Crippen molar-refractivity contribution in [3.63, 3.8) is 0 Å². The summed E-state index contributed by atoms with van der Waals surface area (Å²) in [5.41, 5.74) is 5.23. The summed E-state index contributed by atoms with van der Waals surface area (Å²) in [5, 5.41) is 13.4. The van der Waals surface area contributed by atoms with Crippen LogP contribution in [0.25, 0.3) is 11.3 Å². The number of hydrogen-bond donors (Lipinski definition) is 1. The Morgan fingerprint density at radius 1 is 1.08 bits per heavy atom. The Bertz CT molecular complexity index is 983. The van der Waals surface area contributed by atoms with Crippen LogP contribution < -0.4 is 5.32 Å². The molecule has 3 nitrogen and oxygen atoms in total. The van der Waals surface area contributed by atoms with Crippen molar-refractivity contribution in [2.24, 2.45) is 0 Å². The molecule has 0 aliphatic carbocycles. The van der Waals surface area contributed by atoms with Gasteiger partial charge in [0.1, 0.15) is 15.5 Å². The SMILES string of the molecule is Cc1ccc(Nc2nc(-c3cccc(C)c3)c(C#N)c(=S)s2)cc1. The van der Waals surface area contributed by atoms with Gasteiger partial charge >= 0.3 is 0 Å². The second-order valence-corrected chi connectivity index (χ2v) is 7.17. The first-order valence-corrected chi connectivity index (χ1v) is 8.65. The van der Waals surface area contributed by atoms with Gasteiger partial charge in [-0.05, 0) is 32.0 Å². The molecule has 0 saturated heterocycles. The van der Waals surface area contributed by atoms with Gasteiger partial charge in [-0.3, -0.25) is 0 Å².